The van der Waals surface area contributed by atoms with Crippen molar-refractivity contribution in [2.24, 2.45) is 0 Å². The molecule has 1 aliphatic heterocycles. The maximum Gasteiger partial charge on any atom is 0.243 e. The Kier molecular flexibility index (Phi) is 4.80. The average Bonchev–Trinajstić information content (AvgIpc) is 2.63. The molecule has 1 fully saturated rings. The van der Waals surface area contributed by atoms with E-state index in [9.17, 15) is 8.42 Å². The Labute approximate surface area is 149 Å². The number of benzene rings is 2. The van der Waals surface area contributed by atoms with Gasteiger partial charge in [0.2, 0.25) is 10.0 Å². The number of hydrogen-bond acceptors (Lipinski definition) is 4. The van der Waals surface area contributed by atoms with Gasteiger partial charge in [0.05, 0.1) is 16.5 Å². The molecule has 0 atom stereocenters. The predicted octanol–water partition coefficient (Wildman–Crippen LogP) is 2.69. The molecular formula is C19H21N3O2S. The van der Waals surface area contributed by atoms with Crippen LogP contribution in [0.5, 0.6) is 0 Å². The monoisotopic (exact) mass is 355 g/mol. The zero-order valence-electron chi connectivity index (χ0n) is 14.4. The van der Waals surface area contributed by atoms with Gasteiger partial charge in [0.15, 0.2) is 0 Å². The first-order valence-electron chi connectivity index (χ1n) is 8.24. The van der Waals surface area contributed by atoms with Crippen molar-refractivity contribution in [3.8, 4) is 6.07 Å². The molecule has 1 aliphatic rings. The van der Waals surface area contributed by atoms with Gasteiger partial charge in [0.25, 0.3) is 0 Å². The molecule has 0 unspecified atom stereocenters. The standard InChI is InChI=1S/C19H21N3O2S/c1-15-6-7-16(2)19(12-15)25(23,24)22-10-8-21(9-11-22)18-5-3-4-17(13-18)14-20/h3-7,12-13H,8-11H2,1-2H3. The zero-order chi connectivity index (χ0) is 18.0. The largest absolute Gasteiger partial charge is 0.369 e. The fourth-order valence-corrected chi connectivity index (χ4v) is 4.82. The zero-order valence-corrected chi connectivity index (χ0v) is 15.3. The third kappa shape index (κ3) is 3.53. The number of aryl methyl sites for hydroxylation is 2. The summed E-state index contributed by atoms with van der Waals surface area (Å²) >= 11 is 0. The van der Waals surface area contributed by atoms with E-state index < -0.39 is 10.0 Å². The highest BCUT2D eigenvalue weighted by molar-refractivity contribution is 7.89. The van der Waals surface area contributed by atoms with Crippen LogP contribution >= 0.6 is 0 Å². The van der Waals surface area contributed by atoms with Crippen molar-refractivity contribution in [3.05, 3.63) is 59.2 Å². The topological polar surface area (TPSA) is 64.4 Å². The summed E-state index contributed by atoms with van der Waals surface area (Å²) < 4.78 is 27.5. The first kappa shape index (κ1) is 17.5. The fraction of sp³-hybridized carbons (Fsp3) is 0.316. The quantitative estimate of drug-likeness (QED) is 0.849. The summed E-state index contributed by atoms with van der Waals surface area (Å²) in [4.78, 5) is 2.52. The Morgan fingerprint density at radius 3 is 2.40 bits per heavy atom. The van der Waals surface area contributed by atoms with Crippen LogP contribution in [0.15, 0.2) is 47.4 Å². The normalized spacial score (nSPS) is 15.8. The maximum atomic E-state index is 13.0. The molecule has 0 bridgehead atoms. The molecule has 0 aromatic heterocycles. The number of piperazine rings is 1. The van der Waals surface area contributed by atoms with Gasteiger partial charge in [-0.1, -0.05) is 18.2 Å². The van der Waals surface area contributed by atoms with Crippen LogP contribution in [-0.2, 0) is 10.0 Å². The van der Waals surface area contributed by atoms with Gasteiger partial charge in [-0.25, -0.2) is 8.42 Å². The van der Waals surface area contributed by atoms with Crippen molar-refractivity contribution in [1.82, 2.24) is 4.31 Å². The lowest BCUT2D eigenvalue weighted by atomic mass is 10.2. The number of sulfonamides is 1. The molecule has 1 saturated heterocycles. The summed E-state index contributed by atoms with van der Waals surface area (Å²) in [6, 6.07) is 15.1. The molecule has 2 aromatic rings. The van der Waals surface area contributed by atoms with E-state index in [1.54, 1.807) is 16.4 Å². The third-order valence-electron chi connectivity index (χ3n) is 4.54. The maximum absolute atomic E-state index is 13.0. The number of nitriles is 1. The number of nitrogens with zero attached hydrogens (tertiary/aromatic N) is 3. The highest BCUT2D eigenvalue weighted by Crippen LogP contribution is 2.24. The second-order valence-corrected chi connectivity index (χ2v) is 8.23. The lowest BCUT2D eigenvalue weighted by Gasteiger charge is -2.35. The molecular weight excluding hydrogens is 334 g/mol. The van der Waals surface area contributed by atoms with Crippen LogP contribution < -0.4 is 4.90 Å². The van der Waals surface area contributed by atoms with E-state index in [-0.39, 0.29) is 0 Å². The summed E-state index contributed by atoms with van der Waals surface area (Å²) in [6.07, 6.45) is 0. The van der Waals surface area contributed by atoms with Crippen molar-refractivity contribution in [3.63, 3.8) is 0 Å². The van der Waals surface area contributed by atoms with E-state index in [0.29, 0.717) is 36.6 Å². The van der Waals surface area contributed by atoms with Gasteiger partial charge < -0.3 is 4.90 Å². The average molecular weight is 355 g/mol. The Morgan fingerprint density at radius 1 is 1.00 bits per heavy atom. The van der Waals surface area contributed by atoms with Crippen LogP contribution in [0.25, 0.3) is 0 Å². The lowest BCUT2D eigenvalue weighted by Crippen LogP contribution is -2.48. The van der Waals surface area contributed by atoms with Crippen molar-refractivity contribution in [1.29, 1.82) is 5.26 Å². The molecule has 5 nitrogen and oxygen atoms in total. The van der Waals surface area contributed by atoms with Crippen molar-refractivity contribution in [2.75, 3.05) is 31.1 Å². The molecule has 1 heterocycles. The smallest absolute Gasteiger partial charge is 0.243 e. The van der Waals surface area contributed by atoms with Crippen LogP contribution in [0, 0.1) is 25.2 Å². The molecule has 3 rings (SSSR count). The Balaban J connectivity index is 1.77. The number of hydrogen-bond donors (Lipinski definition) is 0. The van der Waals surface area contributed by atoms with Gasteiger partial charge in [-0.2, -0.15) is 9.57 Å². The van der Waals surface area contributed by atoms with Gasteiger partial charge >= 0.3 is 0 Å². The van der Waals surface area contributed by atoms with Crippen molar-refractivity contribution in [2.45, 2.75) is 18.7 Å². The van der Waals surface area contributed by atoms with Crippen LogP contribution in [0.1, 0.15) is 16.7 Å². The molecule has 6 heteroatoms. The molecule has 0 amide bonds. The second-order valence-electron chi connectivity index (χ2n) is 6.32. The van der Waals surface area contributed by atoms with E-state index in [2.05, 4.69) is 11.0 Å². The summed E-state index contributed by atoms with van der Waals surface area (Å²) in [5.74, 6) is 0. The molecule has 0 N–H and O–H groups in total. The van der Waals surface area contributed by atoms with Crippen LogP contribution in [0.4, 0.5) is 5.69 Å². The summed E-state index contributed by atoms with van der Waals surface area (Å²) in [5, 5.41) is 9.03. The predicted molar refractivity (Wildman–Crippen MR) is 98.0 cm³/mol. The minimum atomic E-state index is -3.48. The molecule has 2 aromatic carbocycles. The fourth-order valence-electron chi connectivity index (χ4n) is 3.08. The van der Waals surface area contributed by atoms with Crippen LogP contribution in [0.2, 0.25) is 0 Å². The summed E-state index contributed by atoms with van der Waals surface area (Å²) in [7, 11) is -3.48. The number of anilines is 1. The summed E-state index contributed by atoms with van der Waals surface area (Å²) in [5.41, 5.74) is 3.29. The first-order chi connectivity index (χ1) is 11.9. The Bertz CT molecular complexity index is 924. The van der Waals surface area contributed by atoms with Crippen LogP contribution in [-0.4, -0.2) is 38.9 Å². The van der Waals surface area contributed by atoms with Gasteiger partial charge in [-0.15, -0.1) is 0 Å². The summed E-state index contributed by atoms with van der Waals surface area (Å²) in [6.45, 7) is 5.82. The Morgan fingerprint density at radius 2 is 1.72 bits per heavy atom. The van der Waals surface area contributed by atoms with Crippen molar-refractivity contribution < 1.29 is 8.42 Å². The molecule has 25 heavy (non-hydrogen) atoms. The minimum Gasteiger partial charge on any atom is -0.369 e. The van der Waals surface area contributed by atoms with E-state index >= 15 is 0 Å². The minimum absolute atomic E-state index is 0.396. The van der Waals surface area contributed by atoms with Crippen LogP contribution in [0.3, 0.4) is 0 Å². The number of rotatable bonds is 3. The molecule has 0 aliphatic carbocycles. The third-order valence-corrected chi connectivity index (χ3v) is 6.58. The molecule has 0 spiro atoms. The highest BCUT2D eigenvalue weighted by atomic mass is 32.2. The van der Waals surface area contributed by atoms with Gasteiger partial charge in [-0.3, -0.25) is 0 Å². The van der Waals surface area contributed by atoms with E-state index in [1.807, 2.05) is 44.2 Å². The van der Waals surface area contributed by atoms with Gasteiger partial charge in [0, 0.05) is 31.9 Å². The lowest BCUT2D eigenvalue weighted by molar-refractivity contribution is 0.384. The van der Waals surface area contributed by atoms with Crippen molar-refractivity contribution >= 4 is 15.7 Å². The highest BCUT2D eigenvalue weighted by Gasteiger charge is 2.29. The molecule has 130 valence electrons. The van der Waals surface area contributed by atoms with E-state index in [0.717, 1.165) is 16.8 Å². The molecule has 0 radical (unpaired) electrons. The second kappa shape index (κ2) is 6.87. The first-order valence-corrected chi connectivity index (χ1v) is 9.68. The SMILES string of the molecule is Cc1ccc(C)c(S(=O)(=O)N2CCN(c3cccc(C#N)c3)CC2)c1. The van der Waals surface area contributed by atoms with E-state index in [1.165, 1.54) is 0 Å². The Hall–Kier alpha value is -2.36. The molecule has 0 saturated carbocycles. The van der Waals surface area contributed by atoms with Gasteiger partial charge in [-0.05, 0) is 49.2 Å². The van der Waals surface area contributed by atoms with E-state index in [4.69, 9.17) is 5.26 Å². The van der Waals surface area contributed by atoms with Gasteiger partial charge in [0.1, 0.15) is 0 Å².